The Labute approximate surface area is 136 Å². The molecule has 0 spiro atoms. The molecule has 0 bridgehead atoms. The Morgan fingerprint density at radius 2 is 2.17 bits per heavy atom. The number of carbonyl (C=O) groups is 1. The summed E-state index contributed by atoms with van der Waals surface area (Å²) in [5, 5.41) is 2.82. The van der Waals surface area contributed by atoms with Crippen LogP contribution in [0.25, 0.3) is 0 Å². The van der Waals surface area contributed by atoms with Gasteiger partial charge in [0, 0.05) is 32.1 Å². The lowest BCUT2D eigenvalue weighted by molar-refractivity contribution is 0.0906. The highest BCUT2D eigenvalue weighted by Gasteiger charge is 2.25. The first-order valence-electron chi connectivity index (χ1n) is 8.09. The first-order chi connectivity index (χ1) is 11.0. The van der Waals surface area contributed by atoms with Crippen LogP contribution in [0.2, 0.25) is 0 Å². The minimum Gasteiger partial charge on any atom is -0.437 e. The highest BCUT2D eigenvalue weighted by molar-refractivity contribution is 5.89. The molecule has 0 atom stereocenters. The summed E-state index contributed by atoms with van der Waals surface area (Å²) in [5.74, 6) is 0.793. The number of rotatable bonds is 4. The maximum Gasteiger partial charge on any atom is 0.307 e. The fourth-order valence-corrected chi connectivity index (χ4v) is 2.84. The number of hydrogen-bond donors (Lipinski definition) is 1. The summed E-state index contributed by atoms with van der Waals surface area (Å²) in [6.07, 6.45) is 0.795. The quantitative estimate of drug-likeness (QED) is 0.943. The third kappa shape index (κ3) is 3.62. The van der Waals surface area contributed by atoms with Crippen LogP contribution in [-0.4, -0.2) is 28.4 Å². The Balaban J connectivity index is 1.70. The van der Waals surface area contributed by atoms with Gasteiger partial charge in [0.1, 0.15) is 5.76 Å². The van der Waals surface area contributed by atoms with E-state index in [4.69, 9.17) is 4.42 Å². The zero-order chi connectivity index (χ0) is 16.4. The second kappa shape index (κ2) is 6.54. The summed E-state index contributed by atoms with van der Waals surface area (Å²) in [6.45, 7) is 8.51. The molecule has 1 aromatic heterocycles. The Bertz CT molecular complexity index is 706. The molecule has 1 aliphatic heterocycles. The zero-order valence-electron chi connectivity index (χ0n) is 13.9. The van der Waals surface area contributed by atoms with E-state index in [0.717, 1.165) is 37.5 Å². The van der Waals surface area contributed by atoms with Crippen molar-refractivity contribution in [1.82, 2.24) is 15.2 Å². The summed E-state index contributed by atoms with van der Waals surface area (Å²) in [4.78, 5) is 18.8. The second-order valence-electron chi connectivity index (χ2n) is 6.40. The normalized spacial score (nSPS) is 14.8. The van der Waals surface area contributed by atoms with Gasteiger partial charge in [-0.25, -0.2) is 4.98 Å². The van der Waals surface area contributed by atoms with Gasteiger partial charge in [-0.2, -0.15) is 0 Å². The van der Waals surface area contributed by atoms with Crippen LogP contribution in [0.1, 0.15) is 47.1 Å². The average molecular weight is 313 g/mol. The van der Waals surface area contributed by atoms with Crippen LogP contribution in [0.5, 0.6) is 0 Å². The van der Waals surface area contributed by atoms with Crippen LogP contribution in [0.15, 0.2) is 28.7 Å². The van der Waals surface area contributed by atoms with E-state index in [1.54, 1.807) is 0 Å². The Morgan fingerprint density at radius 3 is 2.91 bits per heavy atom. The third-order valence-corrected chi connectivity index (χ3v) is 4.08. The molecule has 1 aromatic carbocycles. The Morgan fingerprint density at radius 1 is 1.39 bits per heavy atom. The lowest BCUT2D eigenvalue weighted by Gasteiger charge is -2.25. The van der Waals surface area contributed by atoms with Crippen molar-refractivity contribution in [3.8, 4) is 0 Å². The van der Waals surface area contributed by atoms with E-state index in [-0.39, 0.29) is 17.8 Å². The lowest BCUT2D eigenvalue weighted by Crippen LogP contribution is -2.30. The van der Waals surface area contributed by atoms with Crippen molar-refractivity contribution in [1.29, 1.82) is 0 Å². The molecule has 0 radical (unpaired) electrons. The maximum absolute atomic E-state index is 12.0. The summed E-state index contributed by atoms with van der Waals surface area (Å²) in [6, 6.07) is 8.50. The van der Waals surface area contributed by atoms with Gasteiger partial charge >= 0.3 is 5.91 Å². The molecule has 0 unspecified atom stereocenters. The van der Waals surface area contributed by atoms with Crippen LogP contribution < -0.4 is 5.32 Å². The molecular formula is C18H23N3O2. The Kier molecular flexibility index (Phi) is 4.48. The van der Waals surface area contributed by atoms with Crippen LogP contribution in [0.3, 0.4) is 0 Å². The number of nitrogens with one attached hydrogen (secondary N) is 1. The van der Waals surface area contributed by atoms with Crippen LogP contribution in [0, 0.1) is 6.92 Å². The van der Waals surface area contributed by atoms with Gasteiger partial charge in [-0.3, -0.25) is 9.69 Å². The number of amides is 1. The molecule has 1 aliphatic rings. The number of oxazole rings is 1. The summed E-state index contributed by atoms with van der Waals surface area (Å²) < 4.78 is 5.64. The van der Waals surface area contributed by atoms with Gasteiger partial charge in [0.2, 0.25) is 0 Å². The van der Waals surface area contributed by atoms with E-state index in [1.807, 2.05) is 13.8 Å². The van der Waals surface area contributed by atoms with Crippen molar-refractivity contribution in [3.63, 3.8) is 0 Å². The molecule has 1 amide bonds. The van der Waals surface area contributed by atoms with Crippen molar-refractivity contribution in [2.24, 2.45) is 0 Å². The van der Waals surface area contributed by atoms with E-state index in [0.29, 0.717) is 0 Å². The van der Waals surface area contributed by atoms with Gasteiger partial charge in [-0.1, -0.05) is 24.3 Å². The number of carbonyl (C=O) groups excluding carboxylic acids is 1. The molecule has 1 N–H and O–H groups in total. The van der Waals surface area contributed by atoms with Gasteiger partial charge in [0.05, 0.1) is 5.69 Å². The molecule has 0 aliphatic carbocycles. The van der Waals surface area contributed by atoms with E-state index in [2.05, 4.69) is 46.4 Å². The molecule has 23 heavy (non-hydrogen) atoms. The smallest absolute Gasteiger partial charge is 0.307 e. The van der Waals surface area contributed by atoms with Gasteiger partial charge in [0.15, 0.2) is 0 Å². The van der Waals surface area contributed by atoms with Crippen LogP contribution in [-0.2, 0) is 19.5 Å². The van der Waals surface area contributed by atoms with Crippen molar-refractivity contribution in [2.75, 3.05) is 6.54 Å². The molecule has 0 fully saturated rings. The average Bonchev–Trinajstić information content (AvgIpc) is 2.92. The van der Waals surface area contributed by atoms with Crippen molar-refractivity contribution in [3.05, 3.63) is 52.7 Å². The fraction of sp³-hybridized carbons (Fsp3) is 0.444. The van der Waals surface area contributed by atoms with Crippen molar-refractivity contribution >= 4 is 5.91 Å². The molecule has 3 rings (SSSR count). The summed E-state index contributed by atoms with van der Waals surface area (Å²) >= 11 is 0. The second-order valence-corrected chi connectivity index (χ2v) is 6.40. The highest BCUT2D eigenvalue weighted by atomic mass is 16.4. The maximum atomic E-state index is 12.0. The lowest BCUT2D eigenvalue weighted by atomic mass is 10.1. The van der Waals surface area contributed by atoms with Crippen LogP contribution in [0.4, 0.5) is 0 Å². The number of aromatic nitrogens is 1. The largest absolute Gasteiger partial charge is 0.437 e. The first-order valence-corrected chi connectivity index (χ1v) is 8.09. The van der Waals surface area contributed by atoms with Crippen LogP contribution >= 0.6 is 0 Å². The monoisotopic (exact) mass is 313 g/mol. The molecule has 2 heterocycles. The molecular weight excluding hydrogens is 290 g/mol. The molecule has 122 valence electrons. The molecule has 5 nitrogen and oxygen atoms in total. The number of fused-ring (bicyclic) bond motifs is 1. The number of hydrogen-bond acceptors (Lipinski definition) is 4. The fourth-order valence-electron chi connectivity index (χ4n) is 2.84. The van der Waals surface area contributed by atoms with Gasteiger partial charge in [0.25, 0.3) is 5.89 Å². The summed E-state index contributed by atoms with van der Waals surface area (Å²) in [7, 11) is 0. The van der Waals surface area contributed by atoms with Gasteiger partial charge in [-0.05, 0) is 31.9 Å². The minimum atomic E-state index is -0.236. The highest BCUT2D eigenvalue weighted by Crippen LogP contribution is 2.22. The van der Waals surface area contributed by atoms with E-state index in [1.165, 1.54) is 11.1 Å². The minimum absolute atomic E-state index is 0.0731. The molecule has 0 saturated heterocycles. The standard InChI is InChI=1S/C18H23N3O2/c1-12(2)19-17(22)18-20-15-11-21(9-8-16(15)23-18)10-14-7-5-4-6-13(14)3/h4-7,12H,8-11H2,1-3H3,(H,19,22). The van der Waals surface area contributed by atoms with Gasteiger partial charge in [-0.15, -0.1) is 0 Å². The SMILES string of the molecule is Cc1ccccc1CN1CCc2oc(C(=O)NC(C)C)nc2C1. The molecule has 0 saturated carbocycles. The van der Waals surface area contributed by atoms with Crippen molar-refractivity contribution in [2.45, 2.75) is 46.3 Å². The predicted octanol–water partition coefficient (Wildman–Crippen LogP) is 2.68. The third-order valence-electron chi connectivity index (χ3n) is 4.08. The molecule has 2 aromatic rings. The topological polar surface area (TPSA) is 58.4 Å². The van der Waals surface area contributed by atoms with Gasteiger partial charge < -0.3 is 9.73 Å². The zero-order valence-corrected chi connectivity index (χ0v) is 13.9. The van der Waals surface area contributed by atoms with E-state index >= 15 is 0 Å². The molecule has 5 heteroatoms. The number of benzene rings is 1. The summed E-state index contributed by atoms with van der Waals surface area (Å²) in [5.41, 5.74) is 3.52. The number of nitrogens with zero attached hydrogens (tertiary/aromatic N) is 2. The first kappa shape index (κ1) is 15.7. The number of aryl methyl sites for hydroxylation is 1. The van der Waals surface area contributed by atoms with E-state index in [9.17, 15) is 4.79 Å². The Hall–Kier alpha value is -2.14. The van der Waals surface area contributed by atoms with E-state index < -0.39 is 0 Å². The van der Waals surface area contributed by atoms with Crippen molar-refractivity contribution < 1.29 is 9.21 Å². The predicted molar refractivity (Wildman–Crippen MR) is 88.1 cm³/mol.